The van der Waals surface area contributed by atoms with Gasteiger partial charge in [-0.05, 0) is 37.6 Å². The van der Waals surface area contributed by atoms with Crippen molar-refractivity contribution in [2.45, 2.75) is 25.2 Å². The Balaban J connectivity index is 1.78. The van der Waals surface area contributed by atoms with Crippen LogP contribution < -0.4 is 9.46 Å². The summed E-state index contributed by atoms with van der Waals surface area (Å²) in [6.07, 6.45) is 2.08. The van der Waals surface area contributed by atoms with Gasteiger partial charge in [-0.15, -0.1) is 10.2 Å². The average molecular weight is 532 g/mol. The first-order valence-corrected chi connectivity index (χ1v) is 12.4. The molecule has 0 saturated carbocycles. The lowest BCUT2D eigenvalue weighted by Gasteiger charge is -2.22. The maximum absolute atomic E-state index is 14.2. The van der Waals surface area contributed by atoms with E-state index in [0.717, 1.165) is 17.7 Å². The Bertz CT molecular complexity index is 1510. The van der Waals surface area contributed by atoms with Gasteiger partial charge in [0.15, 0.2) is 23.3 Å². The van der Waals surface area contributed by atoms with E-state index < -0.39 is 33.0 Å². The highest BCUT2D eigenvalue weighted by Crippen LogP contribution is 2.29. The lowest BCUT2D eigenvalue weighted by molar-refractivity contribution is 0.0949. The van der Waals surface area contributed by atoms with Crippen molar-refractivity contribution in [3.63, 3.8) is 0 Å². The number of ether oxygens (including phenoxy) is 2. The van der Waals surface area contributed by atoms with E-state index in [9.17, 15) is 17.2 Å². The number of hydrogen-bond acceptors (Lipinski definition) is 9. The molecule has 0 fully saturated rings. The van der Waals surface area contributed by atoms with Crippen LogP contribution in [-0.2, 0) is 14.8 Å². The SMILES string of the molecule is COc1cccc(-c2nnc(NS(=O)(=O)C(C)C(OC)c3ncc(C)cn3)n2-c2ccc(F)c(F)c2)n1. The van der Waals surface area contributed by atoms with Crippen molar-refractivity contribution in [1.82, 2.24) is 29.7 Å². The van der Waals surface area contributed by atoms with Crippen molar-refractivity contribution in [2.75, 3.05) is 18.9 Å². The maximum atomic E-state index is 14.2. The van der Waals surface area contributed by atoms with Gasteiger partial charge in [0.05, 0.1) is 12.8 Å². The Morgan fingerprint density at radius 2 is 1.76 bits per heavy atom. The van der Waals surface area contributed by atoms with Crippen molar-refractivity contribution in [2.24, 2.45) is 0 Å². The molecule has 3 aromatic heterocycles. The molecule has 0 radical (unpaired) electrons. The first-order chi connectivity index (χ1) is 17.6. The molecule has 0 amide bonds. The number of anilines is 1. The van der Waals surface area contributed by atoms with Gasteiger partial charge in [0.25, 0.3) is 0 Å². The molecule has 37 heavy (non-hydrogen) atoms. The molecule has 0 aliphatic carbocycles. The molecule has 194 valence electrons. The first-order valence-electron chi connectivity index (χ1n) is 10.9. The van der Waals surface area contributed by atoms with Gasteiger partial charge in [-0.25, -0.2) is 32.2 Å². The van der Waals surface area contributed by atoms with Crippen LogP contribution >= 0.6 is 0 Å². The highest BCUT2D eigenvalue weighted by atomic mass is 32.2. The molecular formula is C23H23F2N7O4S. The number of nitrogens with zero attached hydrogens (tertiary/aromatic N) is 6. The maximum Gasteiger partial charge on any atom is 0.243 e. The van der Waals surface area contributed by atoms with Gasteiger partial charge in [-0.2, -0.15) is 0 Å². The fourth-order valence-electron chi connectivity index (χ4n) is 3.48. The first kappa shape index (κ1) is 26.0. The Morgan fingerprint density at radius 1 is 1.03 bits per heavy atom. The summed E-state index contributed by atoms with van der Waals surface area (Å²) in [6.45, 7) is 3.22. The quantitative estimate of drug-likeness (QED) is 0.345. The lowest BCUT2D eigenvalue weighted by atomic mass is 10.2. The molecule has 4 rings (SSSR count). The fraction of sp³-hybridized carbons (Fsp3) is 0.261. The van der Waals surface area contributed by atoms with Crippen molar-refractivity contribution in [1.29, 1.82) is 0 Å². The lowest BCUT2D eigenvalue weighted by Crippen LogP contribution is -2.33. The van der Waals surface area contributed by atoms with Crippen molar-refractivity contribution in [3.8, 4) is 23.1 Å². The van der Waals surface area contributed by atoms with Crippen LogP contribution in [-0.4, -0.2) is 57.6 Å². The van der Waals surface area contributed by atoms with Gasteiger partial charge in [-0.3, -0.25) is 9.29 Å². The van der Waals surface area contributed by atoms with E-state index >= 15 is 0 Å². The number of methoxy groups -OCH3 is 2. The minimum Gasteiger partial charge on any atom is -0.481 e. The van der Waals surface area contributed by atoms with E-state index in [4.69, 9.17) is 9.47 Å². The standard InChI is InChI=1S/C23H23F2N7O4S/c1-13-11-26-21(27-12-13)20(36-4)14(2)37(33,34)31-23-30-29-22(18-6-5-7-19(28-18)35-3)32(23)15-8-9-16(24)17(25)10-15/h5-12,14,20H,1-4H3,(H,30,31). The molecule has 4 aromatic rings. The highest BCUT2D eigenvalue weighted by Gasteiger charge is 2.34. The second kappa shape index (κ2) is 10.5. The number of aryl methyl sites for hydroxylation is 1. The summed E-state index contributed by atoms with van der Waals surface area (Å²) in [6, 6.07) is 7.88. The Morgan fingerprint density at radius 3 is 2.41 bits per heavy atom. The molecule has 0 spiro atoms. The zero-order valence-electron chi connectivity index (χ0n) is 20.3. The zero-order valence-corrected chi connectivity index (χ0v) is 21.1. The van der Waals surface area contributed by atoms with Gasteiger partial charge >= 0.3 is 0 Å². The molecule has 3 heterocycles. The molecule has 2 atom stereocenters. The number of nitrogens with one attached hydrogen (secondary N) is 1. The third-order valence-corrected chi connectivity index (χ3v) is 7.14. The summed E-state index contributed by atoms with van der Waals surface area (Å²) in [7, 11) is -1.43. The summed E-state index contributed by atoms with van der Waals surface area (Å²) in [5.74, 6) is -2.01. The predicted molar refractivity (Wildman–Crippen MR) is 130 cm³/mol. The molecule has 14 heteroatoms. The molecule has 1 aromatic carbocycles. The monoisotopic (exact) mass is 531 g/mol. The molecule has 0 aliphatic heterocycles. The summed E-state index contributed by atoms with van der Waals surface area (Å²) in [5, 5.41) is 6.84. The molecule has 0 saturated heterocycles. The number of pyridine rings is 1. The van der Waals surface area contributed by atoms with Crippen LogP contribution in [0, 0.1) is 18.6 Å². The van der Waals surface area contributed by atoms with Crippen LogP contribution in [0.3, 0.4) is 0 Å². The number of halogens is 2. The topological polar surface area (TPSA) is 134 Å². The number of sulfonamides is 1. The molecule has 0 aliphatic rings. The fourth-order valence-corrected chi connectivity index (χ4v) is 4.61. The largest absolute Gasteiger partial charge is 0.481 e. The number of rotatable bonds is 9. The van der Waals surface area contributed by atoms with Gasteiger partial charge in [0.2, 0.25) is 21.9 Å². The minimum atomic E-state index is -4.20. The van der Waals surface area contributed by atoms with Crippen LogP contribution in [0.4, 0.5) is 14.7 Å². The van der Waals surface area contributed by atoms with Crippen LogP contribution in [0.2, 0.25) is 0 Å². The van der Waals surface area contributed by atoms with Gasteiger partial charge in [-0.1, -0.05) is 6.07 Å². The number of aromatic nitrogens is 6. The molecule has 1 N–H and O–H groups in total. The number of hydrogen-bond donors (Lipinski definition) is 1. The smallest absolute Gasteiger partial charge is 0.243 e. The summed E-state index contributed by atoms with van der Waals surface area (Å²) in [5.41, 5.74) is 1.10. The van der Waals surface area contributed by atoms with Crippen molar-refractivity contribution >= 4 is 16.0 Å². The Hall–Kier alpha value is -4.04. The normalized spacial score (nSPS) is 13.2. The van der Waals surface area contributed by atoms with Gasteiger partial charge in [0, 0.05) is 31.6 Å². The zero-order chi connectivity index (χ0) is 26.7. The predicted octanol–water partition coefficient (Wildman–Crippen LogP) is 3.23. The molecular weight excluding hydrogens is 508 g/mol. The van der Waals surface area contributed by atoms with E-state index in [-0.39, 0.29) is 34.9 Å². The van der Waals surface area contributed by atoms with Crippen molar-refractivity contribution in [3.05, 3.63) is 71.8 Å². The van der Waals surface area contributed by atoms with E-state index in [0.29, 0.717) is 0 Å². The summed E-state index contributed by atoms with van der Waals surface area (Å²) >= 11 is 0. The van der Waals surface area contributed by atoms with E-state index in [2.05, 4.69) is 29.9 Å². The van der Waals surface area contributed by atoms with Crippen LogP contribution in [0.15, 0.2) is 48.8 Å². The molecule has 11 nitrogen and oxygen atoms in total. The van der Waals surface area contributed by atoms with Crippen LogP contribution in [0.25, 0.3) is 17.2 Å². The summed E-state index contributed by atoms with van der Waals surface area (Å²) in [4.78, 5) is 12.6. The third kappa shape index (κ3) is 5.39. The third-order valence-electron chi connectivity index (χ3n) is 5.44. The second-order valence-electron chi connectivity index (χ2n) is 7.97. The van der Waals surface area contributed by atoms with E-state index in [1.807, 2.05) is 0 Å². The molecule has 0 bridgehead atoms. The average Bonchev–Trinajstić information content (AvgIpc) is 3.30. The summed E-state index contributed by atoms with van der Waals surface area (Å²) < 4.78 is 68.8. The second-order valence-corrected chi connectivity index (χ2v) is 10.0. The Labute approximate surface area is 211 Å². The highest BCUT2D eigenvalue weighted by molar-refractivity contribution is 7.93. The van der Waals surface area contributed by atoms with Crippen LogP contribution in [0.5, 0.6) is 5.88 Å². The molecule has 2 unspecified atom stereocenters. The van der Waals surface area contributed by atoms with Gasteiger partial charge in [0.1, 0.15) is 17.0 Å². The van der Waals surface area contributed by atoms with Crippen LogP contribution in [0.1, 0.15) is 24.4 Å². The van der Waals surface area contributed by atoms with Gasteiger partial charge < -0.3 is 9.47 Å². The van der Waals surface area contributed by atoms with Crippen molar-refractivity contribution < 1.29 is 26.7 Å². The minimum absolute atomic E-state index is 0.0547. The Kier molecular flexibility index (Phi) is 7.40. The number of benzene rings is 1. The van der Waals surface area contributed by atoms with E-state index in [1.165, 1.54) is 31.8 Å². The van der Waals surface area contributed by atoms with E-state index in [1.54, 1.807) is 37.5 Å².